The van der Waals surface area contributed by atoms with Crippen molar-refractivity contribution in [2.75, 3.05) is 13.2 Å². The van der Waals surface area contributed by atoms with Gasteiger partial charge in [0.15, 0.2) is 6.23 Å². The van der Waals surface area contributed by atoms with Gasteiger partial charge in [0.05, 0.1) is 13.2 Å². The molecule has 1 aliphatic heterocycles. The van der Waals surface area contributed by atoms with Crippen LogP contribution in [0.3, 0.4) is 0 Å². The van der Waals surface area contributed by atoms with E-state index in [4.69, 9.17) is 14.8 Å². The van der Waals surface area contributed by atoms with Crippen LogP contribution in [0.5, 0.6) is 5.75 Å². The van der Waals surface area contributed by atoms with Crippen molar-refractivity contribution in [1.82, 2.24) is 5.48 Å². The van der Waals surface area contributed by atoms with E-state index in [1.807, 2.05) is 0 Å². The Morgan fingerprint density at radius 1 is 1.38 bits per heavy atom. The lowest BCUT2D eigenvalue weighted by molar-refractivity contribution is -0.130. The number of phenols is 1. The first-order chi connectivity index (χ1) is 7.83. The minimum absolute atomic E-state index is 0.0197. The third-order valence-electron chi connectivity index (χ3n) is 2.20. The Kier molecular flexibility index (Phi) is 3.35. The zero-order valence-electron chi connectivity index (χ0n) is 8.46. The molecule has 1 aromatic carbocycles. The highest BCUT2D eigenvalue weighted by atomic mass is 16.7. The van der Waals surface area contributed by atoms with Gasteiger partial charge in [-0.05, 0) is 12.1 Å². The molecule has 1 aromatic rings. The third kappa shape index (κ3) is 2.13. The van der Waals surface area contributed by atoms with Crippen LogP contribution >= 0.6 is 0 Å². The highest BCUT2D eigenvalue weighted by Crippen LogP contribution is 2.19. The molecular weight excluding hydrogens is 212 g/mol. The molecule has 0 amide bonds. The number of hydroxylamine groups is 1. The highest BCUT2D eigenvalue weighted by Gasteiger charge is 2.24. The molecule has 86 valence electrons. The zero-order chi connectivity index (χ0) is 11.4. The summed E-state index contributed by atoms with van der Waals surface area (Å²) in [6.45, 7) is 0.820. The van der Waals surface area contributed by atoms with Gasteiger partial charge in [-0.15, -0.1) is 0 Å². The Morgan fingerprint density at radius 3 is 2.81 bits per heavy atom. The molecule has 1 aliphatic rings. The quantitative estimate of drug-likeness (QED) is 0.386. The summed E-state index contributed by atoms with van der Waals surface area (Å²) >= 11 is 0. The maximum atomic E-state index is 9.63. The summed E-state index contributed by atoms with van der Waals surface area (Å²) in [5, 5.41) is 21.7. The molecule has 1 unspecified atom stereocenters. The molecule has 0 saturated carbocycles. The Hall–Kier alpha value is -1.63. The van der Waals surface area contributed by atoms with Gasteiger partial charge in [-0.2, -0.15) is 5.48 Å². The smallest absolute Gasteiger partial charge is 0.176 e. The average molecular weight is 224 g/mol. The van der Waals surface area contributed by atoms with Gasteiger partial charge in [-0.1, -0.05) is 17.3 Å². The zero-order valence-corrected chi connectivity index (χ0v) is 8.46. The van der Waals surface area contributed by atoms with Gasteiger partial charge >= 0.3 is 0 Å². The number of rotatable bonds is 2. The van der Waals surface area contributed by atoms with Crippen LogP contribution in [-0.2, 0) is 9.57 Å². The Labute approximate surface area is 92.1 Å². The molecule has 1 heterocycles. The van der Waals surface area contributed by atoms with E-state index < -0.39 is 6.23 Å². The maximum absolute atomic E-state index is 9.63. The molecule has 0 aromatic heterocycles. The number of benzene rings is 1. The van der Waals surface area contributed by atoms with Crippen LogP contribution in [0, 0.1) is 0 Å². The van der Waals surface area contributed by atoms with Gasteiger partial charge in [0, 0.05) is 5.56 Å². The number of nitrogens with one attached hydrogen (secondary N) is 1. The lowest BCUT2D eigenvalue weighted by Crippen LogP contribution is -2.44. The van der Waals surface area contributed by atoms with E-state index in [2.05, 4.69) is 10.6 Å². The van der Waals surface area contributed by atoms with Crippen molar-refractivity contribution in [3.8, 4) is 5.75 Å². The number of phenolic OH excluding ortho intramolecular Hbond substituents is 1. The maximum Gasteiger partial charge on any atom is 0.176 e. The standard InChI is InChI=1S/C10H12N2O4/c13-8-4-2-1-3-7(8)9(11-14)10-12-16-6-5-15-10/h1-4,10,12-14H,5-6H2/b11-9-. The second-order valence-electron chi connectivity index (χ2n) is 3.22. The molecule has 6 nitrogen and oxygen atoms in total. The van der Waals surface area contributed by atoms with Gasteiger partial charge in [-0.3, -0.25) is 4.84 Å². The largest absolute Gasteiger partial charge is 0.507 e. The van der Waals surface area contributed by atoms with Crippen LogP contribution < -0.4 is 5.48 Å². The number of oxime groups is 1. The monoisotopic (exact) mass is 224 g/mol. The van der Waals surface area contributed by atoms with Gasteiger partial charge in [0.1, 0.15) is 11.5 Å². The third-order valence-corrected chi connectivity index (χ3v) is 2.20. The number of hydrogen-bond donors (Lipinski definition) is 3. The molecule has 0 aliphatic carbocycles. The number of nitrogens with zero attached hydrogens (tertiary/aromatic N) is 1. The Bertz CT molecular complexity index is 388. The molecule has 3 N–H and O–H groups in total. The van der Waals surface area contributed by atoms with E-state index in [-0.39, 0.29) is 11.5 Å². The first-order valence-corrected chi connectivity index (χ1v) is 4.82. The molecule has 1 atom stereocenters. The van der Waals surface area contributed by atoms with Crippen LogP contribution in [0.15, 0.2) is 29.4 Å². The van der Waals surface area contributed by atoms with Gasteiger partial charge in [-0.25, -0.2) is 0 Å². The van der Waals surface area contributed by atoms with Crippen molar-refractivity contribution in [2.45, 2.75) is 6.23 Å². The van der Waals surface area contributed by atoms with Crippen molar-refractivity contribution in [3.05, 3.63) is 29.8 Å². The van der Waals surface area contributed by atoms with Crippen molar-refractivity contribution >= 4 is 5.71 Å². The number of hydrogen-bond acceptors (Lipinski definition) is 6. The second kappa shape index (κ2) is 4.93. The molecule has 0 bridgehead atoms. The lowest BCUT2D eigenvalue weighted by Gasteiger charge is -2.24. The van der Waals surface area contributed by atoms with Crippen LogP contribution in [0.4, 0.5) is 0 Å². The van der Waals surface area contributed by atoms with Gasteiger partial charge in [0.25, 0.3) is 0 Å². The molecule has 1 saturated heterocycles. The second-order valence-corrected chi connectivity index (χ2v) is 3.22. The first kappa shape index (κ1) is 10.9. The van der Waals surface area contributed by atoms with Crippen molar-refractivity contribution < 1.29 is 19.9 Å². The van der Waals surface area contributed by atoms with E-state index in [0.29, 0.717) is 18.8 Å². The summed E-state index contributed by atoms with van der Waals surface area (Å²) in [6, 6.07) is 6.54. The molecule has 0 spiro atoms. The lowest BCUT2D eigenvalue weighted by atomic mass is 10.1. The predicted molar refractivity (Wildman–Crippen MR) is 55.3 cm³/mol. The first-order valence-electron chi connectivity index (χ1n) is 4.82. The van der Waals surface area contributed by atoms with Crippen LogP contribution in [0.25, 0.3) is 0 Å². The fourth-order valence-corrected chi connectivity index (χ4v) is 1.45. The van der Waals surface area contributed by atoms with E-state index in [1.54, 1.807) is 18.2 Å². The highest BCUT2D eigenvalue weighted by molar-refractivity contribution is 6.05. The SMILES string of the molecule is O/N=C(/c1ccccc1O)C1NOCCO1. The minimum Gasteiger partial charge on any atom is -0.507 e. The number of para-hydroxylation sites is 1. The Morgan fingerprint density at radius 2 is 2.19 bits per heavy atom. The van der Waals surface area contributed by atoms with Crippen molar-refractivity contribution in [3.63, 3.8) is 0 Å². The van der Waals surface area contributed by atoms with Crippen LogP contribution in [-0.4, -0.2) is 35.5 Å². The summed E-state index contributed by atoms with van der Waals surface area (Å²) < 4.78 is 5.30. The predicted octanol–water partition coefficient (Wildman–Crippen LogP) is 0.448. The van der Waals surface area contributed by atoms with Gasteiger partial charge in [0.2, 0.25) is 0 Å². The summed E-state index contributed by atoms with van der Waals surface area (Å²) in [4.78, 5) is 4.98. The fraction of sp³-hybridized carbons (Fsp3) is 0.300. The molecule has 0 radical (unpaired) electrons. The fourth-order valence-electron chi connectivity index (χ4n) is 1.45. The van der Waals surface area contributed by atoms with E-state index in [1.165, 1.54) is 6.07 Å². The summed E-state index contributed by atoms with van der Waals surface area (Å²) in [5.41, 5.74) is 3.15. The van der Waals surface area contributed by atoms with E-state index in [0.717, 1.165) is 0 Å². The number of aromatic hydroxyl groups is 1. The Balaban J connectivity index is 2.26. The molecule has 1 fully saturated rings. The van der Waals surface area contributed by atoms with Crippen molar-refractivity contribution in [2.24, 2.45) is 5.16 Å². The molecule has 2 rings (SSSR count). The molecule has 16 heavy (non-hydrogen) atoms. The normalized spacial score (nSPS) is 22.0. The van der Waals surface area contributed by atoms with Crippen molar-refractivity contribution in [1.29, 1.82) is 0 Å². The summed E-state index contributed by atoms with van der Waals surface area (Å²) in [6.07, 6.45) is -0.688. The van der Waals surface area contributed by atoms with E-state index >= 15 is 0 Å². The summed E-state index contributed by atoms with van der Waals surface area (Å²) in [5.74, 6) is 0.0197. The van der Waals surface area contributed by atoms with Gasteiger partial charge < -0.3 is 15.1 Å². The molecule has 6 heteroatoms. The number of ether oxygens (including phenoxy) is 1. The van der Waals surface area contributed by atoms with E-state index in [9.17, 15) is 5.11 Å². The topological polar surface area (TPSA) is 83.3 Å². The average Bonchev–Trinajstić information content (AvgIpc) is 2.34. The summed E-state index contributed by atoms with van der Waals surface area (Å²) in [7, 11) is 0. The minimum atomic E-state index is -0.688. The van der Waals surface area contributed by atoms with Crippen LogP contribution in [0.2, 0.25) is 0 Å². The van der Waals surface area contributed by atoms with Crippen LogP contribution in [0.1, 0.15) is 5.56 Å². The molecular formula is C10H12N2O4.